The van der Waals surface area contributed by atoms with Gasteiger partial charge in [-0.25, -0.2) is 0 Å². The molecule has 2 nitrogen and oxygen atoms in total. The van der Waals surface area contributed by atoms with Crippen LogP contribution in [0, 0.1) is 5.92 Å². The molecule has 0 spiro atoms. The van der Waals surface area contributed by atoms with E-state index in [9.17, 15) is 0 Å². The Morgan fingerprint density at radius 3 is 1.50 bits per heavy atom. The second-order valence-electron chi connectivity index (χ2n) is 1.74. The van der Waals surface area contributed by atoms with E-state index in [4.69, 9.17) is 33.4 Å². The summed E-state index contributed by atoms with van der Waals surface area (Å²) >= 11 is 9.53. The highest BCUT2D eigenvalue weighted by molar-refractivity contribution is 6.40. The van der Waals surface area contributed by atoms with Crippen LogP contribution >= 0.6 is 23.2 Å². The Morgan fingerprint density at radius 2 is 1.50 bits per heavy atom. The molecule has 10 heavy (non-hydrogen) atoms. The van der Waals surface area contributed by atoms with Gasteiger partial charge in [0.1, 0.15) is 0 Å². The number of aliphatic hydroxyl groups excluding tert-OH is 2. The molecule has 0 rings (SSSR count). The van der Waals surface area contributed by atoms with Gasteiger partial charge >= 0.3 is 0 Å². The predicted molar refractivity (Wildman–Crippen MR) is 44.5 cm³/mol. The SMILES string of the molecule is CCC(CO)CO.ClCCl. The molecule has 0 amide bonds. The van der Waals surface area contributed by atoms with Crippen LogP contribution in [0.5, 0.6) is 0 Å². The van der Waals surface area contributed by atoms with Gasteiger partial charge in [0.2, 0.25) is 0 Å². The van der Waals surface area contributed by atoms with Gasteiger partial charge in [0.15, 0.2) is 0 Å². The summed E-state index contributed by atoms with van der Waals surface area (Å²) in [6.45, 7) is 2.15. The first kappa shape index (κ1) is 13.1. The Bertz CT molecular complexity index is 43.5. The first-order valence-corrected chi connectivity index (χ1v) is 4.17. The number of aliphatic hydroxyl groups is 2. The van der Waals surface area contributed by atoms with Crippen molar-refractivity contribution in [2.45, 2.75) is 13.3 Å². The van der Waals surface area contributed by atoms with Gasteiger partial charge in [-0.15, -0.1) is 23.2 Å². The lowest BCUT2D eigenvalue weighted by atomic mass is 10.1. The molecular weight excluding hydrogens is 175 g/mol. The largest absolute Gasteiger partial charge is 0.396 e. The Morgan fingerprint density at radius 1 is 1.20 bits per heavy atom. The normalized spacial score (nSPS) is 9.00. The van der Waals surface area contributed by atoms with Gasteiger partial charge in [-0.1, -0.05) is 6.92 Å². The maximum absolute atomic E-state index is 8.37. The van der Waals surface area contributed by atoms with Gasteiger partial charge in [0, 0.05) is 19.1 Å². The number of halogens is 2. The molecule has 0 radical (unpaired) electrons. The fourth-order valence-electron chi connectivity index (χ4n) is 0.316. The van der Waals surface area contributed by atoms with E-state index < -0.39 is 0 Å². The molecule has 0 saturated carbocycles. The molecule has 0 aliphatic carbocycles. The van der Waals surface area contributed by atoms with Crippen LogP contribution in [-0.2, 0) is 0 Å². The van der Waals surface area contributed by atoms with E-state index >= 15 is 0 Å². The monoisotopic (exact) mass is 188 g/mol. The van der Waals surface area contributed by atoms with Crippen LogP contribution in [0.2, 0.25) is 0 Å². The van der Waals surface area contributed by atoms with E-state index in [-0.39, 0.29) is 24.5 Å². The second-order valence-corrected chi connectivity index (χ2v) is 2.55. The van der Waals surface area contributed by atoms with Crippen molar-refractivity contribution in [1.82, 2.24) is 0 Å². The molecule has 0 bridgehead atoms. The first-order valence-electron chi connectivity index (χ1n) is 3.10. The summed E-state index contributed by atoms with van der Waals surface area (Å²) in [5, 5.41) is 16.9. The third-order valence-corrected chi connectivity index (χ3v) is 1.09. The highest BCUT2D eigenvalue weighted by atomic mass is 35.5. The summed E-state index contributed by atoms with van der Waals surface area (Å²) in [5.41, 5.74) is 0. The van der Waals surface area contributed by atoms with Gasteiger partial charge in [-0.05, 0) is 6.42 Å². The van der Waals surface area contributed by atoms with Crippen LogP contribution < -0.4 is 0 Å². The average molecular weight is 189 g/mol. The minimum atomic E-state index is 0.0972. The molecule has 4 heteroatoms. The number of hydrogen-bond acceptors (Lipinski definition) is 2. The van der Waals surface area contributed by atoms with Crippen molar-refractivity contribution in [1.29, 1.82) is 0 Å². The van der Waals surface area contributed by atoms with Crippen LogP contribution in [-0.4, -0.2) is 28.8 Å². The topological polar surface area (TPSA) is 40.5 Å². The van der Waals surface area contributed by atoms with E-state index in [1.165, 1.54) is 0 Å². The molecule has 0 aromatic rings. The Kier molecular flexibility index (Phi) is 16.0. The number of alkyl halides is 2. The number of rotatable bonds is 3. The molecule has 0 aliphatic rings. The summed E-state index contributed by atoms with van der Waals surface area (Å²) in [6.07, 6.45) is 0.854. The highest BCUT2D eigenvalue weighted by Gasteiger charge is 1.98. The van der Waals surface area contributed by atoms with Crippen molar-refractivity contribution in [3.63, 3.8) is 0 Å². The Balaban J connectivity index is 0. The molecule has 0 aliphatic heterocycles. The maximum atomic E-state index is 8.37. The molecule has 0 saturated heterocycles. The van der Waals surface area contributed by atoms with Crippen molar-refractivity contribution >= 4 is 23.2 Å². The molecule has 0 aromatic heterocycles. The van der Waals surface area contributed by atoms with Gasteiger partial charge in [0.05, 0.1) is 5.34 Å². The van der Waals surface area contributed by atoms with Crippen LogP contribution in [0.4, 0.5) is 0 Å². The lowest BCUT2D eigenvalue weighted by Crippen LogP contribution is -2.08. The minimum Gasteiger partial charge on any atom is -0.396 e. The quantitative estimate of drug-likeness (QED) is 0.659. The zero-order valence-electron chi connectivity index (χ0n) is 6.06. The van der Waals surface area contributed by atoms with Gasteiger partial charge in [-0.3, -0.25) is 0 Å². The molecular formula is C6H14Cl2O2. The van der Waals surface area contributed by atoms with E-state index in [0.717, 1.165) is 6.42 Å². The molecule has 0 fully saturated rings. The smallest absolute Gasteiger partial charge is 0.0967 e. The zero-order chi connectivity index (χ0) is 8.41. The third-order valence-electron chi connectivity index (χ3n) is 1.09. The van der Waals surface area contributed by atoms with Crippen molar-refractivity contribution in [3.8, 4) is 0 Å². The molecule has 2 N–H and O–H groups in total. The van der Waals surface area contributed by atoms with E-state index in [0.29, 0.717) is 0 Å². The maximum Gasteiger partial charge on any atom is 0.0967 e. The van der Waals surface area contributed by atoms with Crippen LogP contribution in [0.25, 0.3) is 0 Å². The molecule has 0 atom stereocenters. The first-order chi connectivity index (χ1) is 4.76. The Hall–Kier alpha value is 0.500. The lowest BCUT2D eigenvalue weighted by Gasteiger charge is -2.03. The third kappa shape index (κ3) is 11.3. The summed E-state index contributed by atoms with van der Waals surface area (Å²) in [7, 11) is 0. The fraction of sp³-hybridized carbons (Fsp3) is 1.00. The van der Waals surface area contributed by atoms with E-state index in [1.54, 1.807) is 0 Å². The van der Waals surface area contributed by atoms with Crippen LogP contribution in [0.1, 0.15) is 13.3 Å². The number of hydrogen-bond donors (Lipinski definition) is 2. The van der Waals surface area contributed by atoms with E-state index in [1.807, 2.05) is 6.92 Å². The van der Waals surface area contributed by atoms with Crippen molar-refractivity contribution in [2.75, 3.05) is 18.6 Å². The van der Waals surface area contributed by atoms with Crippen molar-refractivity contribution < 1.29 is 10.2 Å². The van der Waals surface area contributed by atoms with Crippen molar-refractivity contribution in [3.05, 3.63) is 0 Å². The summed E-state index contributed by atoms with van der Waals surface area (Å²) in [6, 6.07) is 0. The van der Waals surface area contributed by atoms with Crippen LogP contribution in [0.15, 0.2) is 0 Å². The summed E-state index contributed by atoms with van der Waals surface area (Å²) in [5.74, 6) is 0.0972. The van der Waals surface area contributed by atoms with Crippen LogP contribution in [0.3, 0.4) is 0 Å². The zero-order valence-corrected chi connectivity index (χ0v) is 7.57. The van der Waals surface area contributed by atoms with E-state index in [2.05, 4.69) is 0 Å². The molecule has 0 heterocycles. The average Bonchev–Trinajstić information content (AvgIpc) is 1.93. The second kappa shape index (κ2) is 12.2. The fourth-order valence-corrected chi connectivity index (χ4v) is 0.316. The van der Waals surface area contributed by atoms with Gasteiger partial charge < -0.3 is 10.2 Å². The van der Waals surface area contributed by atoms with Gasteiger partial charge in [0.25, 0.3) is 0 Å². The predicted octanol–water partition coefficient (Wildman–Crippen LogP) is 1.42. The van der Waals surface area contributed by atoms with Crippen molar-refractivity contribution in [2.24, 2.45) is 5.92 Å². The Labute approximate surface area is 71.8 Å². The summed E-state index contributed by atoms with van der Waals surface area (Å²) < 4.78 is 0. The summed E-state index contributed by atoms with van der Waals surface area (Å²) in [4.78, 5) is 0. The molecule has 0 unspecified atom stereocenters. The lowest BCUT2D eigenvalue weighted by molar-refractivity contribution is 0.147. The molecule has 64 valence electrons. The molecule has 0 aromatic carbocycles. The van der Waals surface area contributed by atoms with Gasteiger partial charge in [-0.2, -0.15) is 0 Å². The highest BCUT2D eigenvalue weighted by Crippen LogP contribution is 1.96. The standard InChI is InChI=1S/C5H12O2.CH2Cl2/c1-2-5(3-6)4-7;2-1-3/h5-7H,2-4H2,1H3;1H2. The minimum absolute atomic E-state index is 0.0972.